The Bertz CT molecular complexity index is 1270. The van der Waals surface area contributed by atoms with Crippen molar-refractivity contribution in [2.45, 2.75) is 19.8 Å². The highest BCUT2D eigenvalue weighted by Crippen LogP contribution is 2.25. The molecule has 0 unspecified atom stereocenters. The van der Waals surface area contributed by atoms with Crippen molar-refractivity contribution in [1.82, 2.24) is 25.7 Å². The van der Waals surface area contributed by atoms with Gasteiger partial charge in [-0.05, 0) is 55.0 Å². The number of nitrogens with one attached hydrogen (secondary N) is 1. The third-order valence-corrected chi connectivity index (χ3v) is 7.22. The van der Waals surface area contributed by atoms with Crippen LogP contribution in [0.1, 0.15) is 18.4 Å². The highest BCUT2D eigenvalue weighted by atomic mass is 32.1. The minimum Gasteiger partial charge on any atom is -0.475 e. The summed E-state index contributed by atoms with van der Waals surface area (Å²) >= 11 is 1.62. The molecule has 1 aromatic carbocycles. The van der Waals surface area contributed by atoms with Crippen LogP contribution < -0.4 is 15.0 Å². The van der Waals surface area contributed by atoms with Gasteiger partial charge in [-0.1, -0.05) is 30.3 Å². The average Bonchev–Trinajstić information content (AvgIpc) is 3.47. The number of aryl methyl sites for hydroxylation is 1. The van der Waals surface area contributed by atoms with Crippen molar-refractivity contribution in [2.75, 3.05) is 31.1 Å². The molecule has 9 heteroatoms. The Morgan fingerprint density at radius 1 is 0.972 bits per heavy atom. The molecule has 4 aromatic rings. The maximum atomic E-state index is 12.6. The number of aromatic nitrogens is 4. The first-order valence-electron chi connectivity index (χ1n) is 12.1. The molecule has 0 radical (unpaired) electrons. The molecule has 0 atom stereocenters. The second-order valence-corrected chi connectivity index (χ2v) is 9.67. The quantitative estimate of drug-likeness (QED) is 0.359. The van der Waals surface area contributed by atoms with Gasteiger partial charge < -0.3 is 15.0 Å². The van der Waals surface area contributed by atoms with Gasteiger partial charge in [0.2, 0.25) is 11.8 Å². The topological polar surface area (TPSA) is 93.1 Å². The molecule has 1 saturated heterocycles. The SMILES string of the molecule is Cc1ccccc1-c1ccc(N2CCC(C(=O)NCCOc3ccc(-c4cccs4)nn3)CC2)nn1. The third-order valence-electron chi connectivity index (χ3n) is 6.33. The van der Waals surface area contributed by atoms with E-state index < -0.39 is 0 Å². The van der Waals surface area contributed by atoms with Gasteiger partial charge in [0.25, 0.3) is 0 Å². The summed E-state index contributed by atoms with van der Waals surface area (Å²) in [6.45, 7) is 4.41. The van der Waals surface area contributed by atoms with Gasteiger partial charge in [0.15, 0.2) is 5.82 Å². The van der Waals surface area contributed by atoms with Crippen molar-refractivity contribution in [1.29, 1.82) is 0 Å². The van der Waals surface area contributed by atoms with Gasteiger partial charge in [0.1, 0.15) is 12.3 Å². The van der Waals surface area contributed by atoms with Gasteiger partial charge in [-0.2, -0.15) is 0 Å². The van der Waals surface area contributed by atoms with E-state index in [4.69, 9.17) is 4.74 Å². The molecule has 184 valence electrons. The van der Waals surface area contributed by atoms with E-state index in [-0.39, 0.29) is 11.8 Å². The number of hydrogen-bond acceptors (Lipinski definition) is 8. The molecule has 0 spiro atoms. The number of carbonyl (C=O) groups excluding carboxylic acids is 1. The van der Waals surface area contributed by atoms with Gasteiger partial charge in [0.05, 0.1) is 17.1 Å². The summed E-state index contributed by atoms with van der Waals surface area (Å²) in [4.78, 5) is 15.9. The highest BCUT2D eigenvalue weighted by molar-refractivity contribution is 7.13. The molecule has 0 aliphatic carbocycles. The van der Waals surface area contributed by atoms with Gasteiger partial charge in [-0.25, -0.2) is 0 Å². The van der Waals surface area contributed by atoms with Crippen LogP contribution in [0.5, 0.6) is 5.88 Å². The van der Waals surface area contributed by atoms with Crippen molar-refractivity contribution in [3.05, 3.63) is 71.6 Å². The van der Waals surface area contributed by atoms with E-state index in [1.807, 2.05) is 47.8 Å². The Kier molecular flexibility index (Phi) is 7.47. The van der Waals surface area contributed by atoms with Crippen LogP contribution in [0.3, 0.4) is 0 Å². The van der Waals surface area contributed by atoms with Gasteiger partial charge >= 0.3 is 0 Å². The molecule has 5 rings (SSSR count). The predicted octanol–water partition coefficient (Wildman–Crippen LogP) is 4.38. The second kappa shape index (κ2) is 11.3. The lowest BCUT2D eigenvalue weighted by molar-refractivity contribution is -0.125. The number of ether oxygens (including phenoxy) is 1. The van der Waals surface area contributed by atoms with Crippen LogP contribution >= 0.6 is 11.3 Å². The van der Waals surface area contributed by atoms with Crippen molar-refractivity contribution in [2.24, 2.45) is 5.92 Å². The van der Waals surface area contributed by atoms with E-state index in [0.717, 1.165) is 53.6 Å². The van der Waals surface area contributed by atoms with Crippen LogP contribution in [-0.4, -0.2) is 52.5 Å². The fourth-order valence-corrected chi connectivity index (χ4v) is 4.99. The number of anilines is 1. The van der Waals surface area contributed by atoms with Crippen molar-refractivity contribution >= 4 is 23.1 Å². The molecule has 1 aliphatic rings. The molecular weight excluding hydrogens is 472 g/mol. The van der Waals surface area contributed by atoms with Crippen LogP contribution in [0, 0.1) is 12.8 Å². The lowest BCUT2D eigenvalue weighted by Gasteiger charge is -2.31. The molecule has 1 fully saturated rings. The number of piperidine rings is 1. The summed E-state index contributed by atoms with van der Waals surface area (Å²) < 4.78 is 5.63. The summed E-state index contributed by atoms with van der Waals surface area (Å²) in [5.74, 6) is 1.36. The fraction of sp³-hybridized carbons (Fsp3) is 0.296. The van der Waals surface area contributed by atoms with E-state index in [9.17, 15) is 4.79 Å². The van der Waals surface area contributed by atoms with Gasteiger partial charge in [0, 0.05) is 30.6 Å². The zero-order chi connectivity index (χ0) is 24.7. The van der Waals surface area contributed by atoms with Crippen LogP contribution in [0.4, 0.5) is 5.82 Å². The molecule has 0 saturated carbocycles. The standard InChI is InChI=1S/C27H28N6O2S/c1-19-5-2-3-6-21(19)22-8-10-25(31-29-22)33-15-12-20(13-16-33)27(34)28-14-17-35-26-11-9-23(30-32-26)24-7-4-18-36-24/h2-11,18,20H,12-17H2,1H3,(H,28,34). The number of carbonyl (C=O) groups is 1. The highest BCUT2D eigenvalue weighted by Gasteiger charge is 2.25. The zero-order valence-corrected chi connectivity index (χ0v) is 20.9. The van der Waals surface area contributed by atoms with E-state index >= 15 is 0 Å². The molecule has 36 heavy (non-hydrogen) atoms. The lowest BCUT2D eigenvalue weighted by Crippen LogP contribution is -2.41. The van der Waals surface area contributed by atoms with Crippen molar-refractivity contribution in [3.8, 4) is 27.7 Å². The summed E-state index contributed by atoms with van der Waals surface area (Å²) in [5, 5.41) is 22.2. The average molecular weight is 501 g/mol. The Labute approximate surface area is 214 Å². The molecule has 1 amide bonds. The maximum Gasteiger partial charge on any atom is 0.233 e. The Balaban J connectivity index is 1.04. The van der Waals surface area contributed by atoms with E-state index in [1.165, 1.54) is 5.56 Å². The monoisotopic (exact) mass is 500 g/mol. The minimum absolute atomic E-state index is 0.00896. The number of rotatable bonds is 8. The fourth-order valence-electron chi connectivity index (χ4n) is 4.30. The number of thiophene rings is 1. The molecule has 1 aliphatic heterocycles. The van der Waals surface area contributed by atoms with Gasteiger partial charge in [-0.15, -0.1) is 31.7 Å². The van der Waals surface area contributed by atoms with Crippen molar-refractivity contribution < 1.29 is 9.53 Å². The first kappa shape index (κ1) is 23.9. The number of nitrogens with zero attached hydrogens (tertiary/aromatic N) is 5. The van der Waals surface area contributed by atoms with E-state index in [2.05, 4.69) is 49.7 Å². The van der Waals surface area contributed by atoms with Crippen molar-refractivity contribution in [3.63, 3.8) is 0 Å². The lowest BCUT2D eigenvalue weighted by atomic mass is 9.96. The number of benzene rings is 1. The largest absolute Gasteiger partial charge is 0.475 e. The Morgan fingerprint density at radius 3 is 2.47 bits per heavy atom. The van der Waals surface area contributed by atoms with E-state index in [0.29, 0.717) is 19.0 Å². The minimum atomic E-state index is -0.00896. The first-order chi connectivity index (χ1) is 17.7. The molecule has 8 nitrogen and oxygen atoms in total. The van der Waals surface area contributed by atoms with Crippen LogP contribution in [0.15, 0.2) is 66.0 Å². The summed E-state index contributed by atoms with van der Waals surface area (Å²) in [6.07, 6.45) is 1.56. The first-order valence-corrected chi connectivity index (χ1v) is 13.0. The second-order valence-electron chi connectivity index (χ2n) is 8.73. The normalized spacial score (nSPS) is 14.0. The zero-order valence-electron chi connectivity index (χ0n) is 20.1. The third kappa shape index (κ3) is 5.68. The van der Waals surface area contributed by atoms with Crippen LogP contribution in [0.25, 0.3) is 21.8 Å². The summed E-state index contributed by atoms with van der Waals surface area (Å²) in [5.41, 5.74) is 3.97. The number of hydrogen-bond donors (Lipinski definition) is 1. The summed E-state index contributed by atoms with van der Waals surface area (Å²) in [7, 11) is 0. The Morgan fingerprint density at radius 2 is 1.78 bits per heavy atom. The molecule has 4 heterocycles. The van der Waals surface area contributed by atoms with Gasteiger partial charge in [-0.3, -0.25) is 4.79 Å². The molecular formula is C27H28N6O2S. The van der Waals surface area contributed by atoms with Crippen LogP contribution in [0.2, 0.25) is 0 Å². The van der Waals surface area contributed by atoms with Crippen LogP contribution in [-0.2, 0) is 4.79 Å². The molecule has 3 aromatic heterocycles. The molecule has 0 bridgehead atoms. The predicted molar refractivity (Wildman–Crippen MR) is 141 cm³/mol. The smallest absolute Gasteiger partial charge is 0.233 e. The molecule has 1 N–H and O–H groups in total. The maximum absolute atomic E-state index is 12.6. The van der Waals surface area contributed by atoms with E-state index in [1.54, 1.807) is 17.4 Å². The Hall–Kier alpha value is -3.85. The summed E-state index contributed by atoms with van der Waals surface area (Å²) in [6, 6.07) is 19.9. The number of amides is 1.